The third-order valence-corrected chi connectivity index (χ3v) is 5.50. The fraction of sp³-hybridized carbons (Fsp3) is 0.611. The van der Waals surface area contributed by atoms with E-state index in [-0.39, 0.29) is 30.6 Å². The van der Waals surface area contributed by atoms with Crippen LogP contribution in [0.5, 0.6) is 0 Å². The van der Waals surface area contributed by atoms with Crippen molar-refractivity contribution in [2.24, 2.45) is 29.2 Å². The molecule has 1 aliphatic heterocycles. The molecule has 1 saturated heterocycles. The average molecular weight is 332 g/mol. The zero-order valence-electron chi connectivity index (χ0n) is 13.6. The number of nitrogens with two attached hydrogens (primary N) is 2. The Labute approximate surface area is 141 Å². The van der Waals surface area contributed by atoms with E-state index < -0.39 is 29.3 Å². The molecular formula is C18H24N2O4. The molecule has 24 heavy (non-hydrogen) atoms. The first-order valence-electron chi connectivity index (χ1n) is 8.56. The van der Waals surface area contributed by atoms with Crippen molar-refractivity contribution >= 4 is 17.6 Å². The van der Waals surface area contributed by atoms with E-state index in [1.807, 2.05) is 24.3 Å². The van der Waals surface area contributed by atoms with Crippen molar-refractivity contribution in [2.45, 2.75) is 50.2 Å². The molecule has 3 atom stereocenters. The Hall–Kier alpha value is -1.95. The van der Waals surface area contributed by atoms with Gasteiger partial charge in [-0.1, -0.05) is 37.1 Å². The van der Waals surface area contributed by atoms with Gasteiger partial charge in [-0.3, -0.25) is 14.4 Å². The fourth-order valence-corrected chi connectivity index (χ4v) is 4.66. The van der Waals surface area contributed by atoms with Crippen LogP contribution in [-0.2, 0) is 19.1 Å². The van der Waals surface area contributed by atoms with Gasteiger partial charge in [0.25, 0.3) is 0 Å². The maximum atomic E-state index is 13.3. The molecule has 0 radical (unpaired) electrons. The molecule has 1 spiro atoms. The van der Waals surface area contributed by atoms with Gasteiger partial charge in [-0.2, -0.15) is 0 Å². The first-order chi connectivity index (χ1) is 11.4. The van der Waals surface area contributed by atoms with Crippen molar-refractivity contribution in [2.75, 3.05) is 0 Å². The number of ether oxygens (including phenoxy) is 1. The summed E-state index contributed by atoms with van der Waals surface area (Å²) in [4.78, 5) is 36.3. The zero-order chi connectivity index (χ0) is 17.3. The number of fused-ring (bicyclic) bond motifs is 1. The van der Waals surface area contributed by atoms with Gasteiger partial charge in [0.1, 0.15) is 5.78 Å². The molecule has 2 amide bonds. The number of Topliss-reactive ketones (excluding diaryl/α,β-unsaturated/α-hetero) is 1. The van der Waals surface area contributed by atoms with Crippen LogP contribution >= 0.6 is 0 Å². The van der Waals surface area contributed by atoms with Crippen LogP contribution in [0.25, 0.3) is 0 Å². The minimum atomic E-state index is -0.608. The highest BCUT2D eigenvalue weighted by molar-refractivity contribution is 5.90. The van der Waals surface area contributed by atoms with Crippen LogP contribution in [-0.4, -0.2) is 29.3 Å². The standard InChI is InChI=1S/C18H24N2O4/c19-14(21)9-11(10-15(20)22)16-17(23)12-5-1-2-6-13(12)24-18(16)7-3-4-8-18/h1-2,5-6,11-13,16H,3-4,7-10H2,(H2,19,21)(H2,20,22). The van der Waals surface area contributed by atoms with Crippen LogP contribution in [0.4, 0.5) is 0 Å². The topological polar surface area (TPSA) is 112 Å². The second-order valence-electron chi connectivity index (χ2n) is 7.13. The third-order valence-electron chi connectivity index (χ3n) is 5.50. The summed E-state index contributed by atoms with van der Waals surface area (Å²) in [6.45, 7) is 0. The van der Waals surface area contributed by atoms with Crippen LogP contribution in [0.2, 0.25) is 0 Å². The lowest BCUT2D eigenvalue weighted by Crippen LogP contribution is -2.58. The van der Waals surface area contributed by atoms with Crippen molar-refractivity contribution in [3.63, 3.8) is 0 Å². The molecule has 2 fully saturated rings. The molecule has 0 aromatic rings. The Morgan fingerprint density at radius 3 is 2.29 bits per heavy atom. The van der Waals surface area contributed by atoms with E-state index in [2.05, 4.69) is 0 Å². The second kappa shape index (κ2) is 6.51. The van der Waals surface area contributed by atoms with E-state index >= 15 is 0 Å². The number of amides is 2. The van der Waals surface area contributed by atoms with Crippen LogP contribution in [0.3, 0.4) is 0 Å². The van der Waals surface area contributed by atoms with E-state index in [0.717, 1.165) is 25.7 Å². The smallest absolute Gasteiger partial charge is 0.217 e. The summed E-state index contributed by atoms with van der Waals surface area (Å²) in [5.74, 6) is -2.38. The zero-order valence-corrected chi connectivity index (χ0v) is 13.6. The van der Waals surface area contributed by atoms with E-state index in [4.69, 9.17) is 16.2 Å². The summed E-state index contributed by atoms with van der Waals surface area (Å²) < 4.78 is 6.40. The predicted octanol–water partition coefficient (Wildman–Crippen LogP) is 0.992. The van der Waals surface area contributed by atoms with E-state index in [1.54, 1.807) is 0 Å². The molecule has 1 heterocycles. The number of hydrogen-bond donors (Lipinski definition) is 2. The molecule has 4 N–H and O–H groups in total. The van der Waals surface area contributed by atoms with Crippen LogP contribution in [0, 0.1) is 17.8 Å². The van der Waals surface area contributed by atoms with Gasteiger partial charge in [0.15, 0.2) is 0 Å². The summed E-state index contributed by atoms with van der Waals surface area (Å²) >= 11 is 0. The molecule has 1 saturated carbocycles. The van der Waals surface area contributed by atoms with E-state index in [1.165, 1.54) is 0 Å². The molecule has 0 bridgehead atoms. The predicted molar refractivity (Wildman–Crippen MR) is 87.5 cm³/mol. The number of primary amides is 2. The Bertz CT molecular complexity index is 588. The number of rotatable bonds is 5. The molecule has 3 rings (SSSR count). The van der Waals surface area contributed by atoms with Gasteiger partial charge >= 0.3 is 0 Å². The lowest BCUT2D eigenvalue weighted by atomic mass is 9.65. The van der Waals surface area contributed by atoms with Crippen molar-refractivity contribution < 1.29 is 19.1 Å². The van der Waals surface area contributed by atoms with Gasteiger partial charge in [-0.15, -0.1) is 0 Å². The van der Waals surface area contributed by atoms with Crippen molar-refractivity contribution in [1.82, 2.24) is 0 Å². The van der Waals surface area contributed by atoms with E-state index in [0.29, 0.717) is 0 Å². The van der Waals surface area contributed by atoms with Gasteiger partial charge in [-0.05, 0) is 18.8 Å². The van der Waals surface area contributed by atoms with Gasteiger partial charge in [-0.25, -0.2) is 0 Å². The highest BCUT2D eigenvalue weighted by Gasteiger charge is 2.56. The Balaban J connectivity index is 1.97. The number of allylic oxidation sites excluding steroid dienone is 2. The minimum absolute atomic E-state index is 0.0264. The fourth-order valence-electron chi connectivity index (χ4n) is 4.66. The molecule has 6 nitrogen and oxygen atoms in total. The van der Waals surface area contributed by atoms with E-state index in [9.17, 15) is 14.4 Å². The first-order valence-corrected chi connectivity index (χ1v) is 8.56. The van der Waals surface area contributed by atoms with Crippen LogP contribution in [0.1, 0.15) is 38.5 Å². The molecule has 3 aliphatic rings. The second-order valence-corrected chi connectivity index (χ2v) is 7.13. The lowest BCUT2D eigenvalue weighted by molar-refractivity contribution is -0.183. The minimum Gasteiger partial charge on any atom is -0.370 e. The maximum absolute atomic E-state index is 13.3. The first kappa shape index (κ1) is 16.9. The molecular weight excluding hydrogens is 308 g/mol. The normalized spacial score (nSPS) is 30.7. The van der Waals surface area contributed by atoms with Crippen LogP contribution in [0.15, 0.2) is 24.3 Å². The molecule has 6 heteroatoms. The highest BCUT2D eigenvalue weighted by Crippen LogP contribution is 2.50. The molecule has 130 valence electrons. The lowest BCUT2D eigenvalue weighted by Gasteiger charge is -2.49. The highest BCUT2D eigenvalue weighted by atomic mass is 16.5. The quantitative estimate of drug-likeness (QED) is 0.781. The van der Waals surface area contributed by atoms with Gasteiger partial charge in [0.2, 0.25) is 11.8 Å². The molecule has 0 aromatic carbocycles. The monoisotopic (exact) mass is 332 g/mol. The maximum Gasteiger partial charge on any atom is 0.217 e. The summed E-state index contributed by atoms with van der Waals surface area (Å²) in [5.41, 5.74) is 10.1. The SMILES string of the molecule is NC(=O)CC(CC(N)=O)C1C(=O)C2C=CC=CC2OC12CCCC2. The number of carbonyl (C=O) groups excluding carboxylic acids is 3. The van der Waals surface area contributed by atoms with Crippen LogP contribution < -0.4 is 11.5 Å². The third kappa shape index (κ3) is 3.02. The number of carbonyl (C=O) groups is 3. The summed E-state index contributed by atoms with van der Waals surface area (Å²) in [6, 6.07) is 0. The molecule has 2 aliphatic carbocycles. The van der Waals surface area contributed by atoms with Gasteiger partial charge < -0.3 is 16.2 Å². The van der Waals surface area contributed by atoms with Crippen molar-refractivity contribution in [3.05, 3.63) is 24.3 Å². The summed E-state index contributed by atoms with van der Waals surface area (Å²) in [6.07, 6.45) is 10.6. The summed E-state index contributed by atoms with van der Waals surface area (Å²) in [7, 11) is 0. The van der Waals surface area contributed by atoms with Gasteiger partial charge in [0.05, 0.1) is 23.5 Å². The Morgan fingerprint density at radius 2 is 1.71 bits per heavy atom. The summed E-state index contributed by atoms with van der Waals surface area (Å²) in [5, 5.41) is 0. The van der Waals surface area contributed by atoms with Crippen molar-refractivity contribution in [3.8, 4) is 0 Å². The average Bonchev–Trinajstić information content (AvgIpc) is 2.94. The molecule has 0 aromatic heterocycles. The number of hydrogen-bond acceptors (Lipinski definition) is 4. The Kier molecular flexibility index (Phi) is 4.58. The van der Waals surface area contributed by atoms with Gasteiger partial charge in [0, 0.05) is 12.8 Å². The number of ketones is 1. The molecule has 3 unspecified atom stereocenters. The largest absolute Gasteiger partial charge is 0.370 e. The van der Waals surface area contributed by atoms with Crippen molar-refractivity contribution in [1.29, 1.82) is 0 Å². The Morgan fingerprint density at radius 1 is 1.12 bits per heavy atom.